The summed E-state index contributed by atoms with van der Waals surface area (Å²) in [5.41, 5.74) is 0.358. The quantitative estimate of drug-likeness (QED) is 0.847. The highest BCUT2D eigenvalue weighted by atomic mass is 16.5. The molecule has 0 N–H and O–H groups in total. The second kappa shape index (κ2) is 5.65. The van der Waals surface area contributed by atoms with Crippen molar-refractivity contribution in [2.75, 3.05) is 26.2 Å². The minimum Gasteiger partial charge on any atom is -0.343 e. The molecule has 4 rings (SSSR count). The first-order valence-electron chi connectivity index (χ1n) is 8.48. The molecule has 1 aliphatic carbocycles. The number of aromatic nitrogens is 2. The zero-order chi connectivity index (χ0) is 15.0. The Bertz CT molecular complexity index is 518. The van der Waals surface area contributed by atoms with Crippen molar-refractivity contribution in [1.82, 2.24) is 19.9 Å². The Morgan fingerprint density at radius 1 is 1.27 bits per heavy atom. The molecule has 2 saturated heterocycles. The van der Waals surface area contributed by atoms with E-state index in [0.29, 0.717) is 11.3 Å². The fourth-order valence-electron chi connectivity index (χ4n) is 3.94. The van der Waals surface area contributed by atoms with E-state index in [2.05, 4.69) is 19.9 Å². The maximum absolute atomic E-state index is 12.1. The SMILES string of the molecule is O=C1CCC2(CCN(Cc3ncon3)CC2)CN1CC1CC1. The Labute approximate surface area is 130 Å². The first-order valence-corrected chi connectivity index (χ1v) is 8.48. The van der Waals surface area contributed by atoms with Crippen molar-refractivity contribution in [2.24, 2.45) is 11.3 Å². The minimum atomic E-state index is 0.358. The summed E-state index contributed by atoms with van der Waals surface area (Å²) in [5, 5.41) is 3.90. The van der Waals surface area contributed by atoms with Crippen LogP contribution in [0.4, 0.5) is 0 Å². The maximum Gasteiger partial charge on any atom is 0.222 e. The van der Waals surface area contributed by atoms with E-state index in [4.69, 9.17) is 4.52 Å². The minimum absolute atomic E-state index is 0.358. The number of rotatable bonds is 4. The lowest BCUT2D eigenvalue weighted by Gasteiger charge is -2.47. The first-order chi connectivity index (χ1) is 10.7. The zero-order valence-corrected chi connectivity index (χ0v) is 13.0. The number of amides is 1. The van der Waals surface area contributed by atoms with Gasteiger partial charge in [-0.2, -0.15) is 4.98 Å². The van der Waals surface area contributed by atoms with Crippen LogP contribution in [-0.2, 0) is 11.3 Å². The summed E-state index contributed by atoms with van der Waals surface area (Å²) >= 11 is 0. The van der Waals surface area contributed by atoms with Crippen LogP contribution in [0, 0.1) is 11.3 Å². The molecular formula is C16H24N4O2. The van der Waals surface area contributed by atoms with Gasteiger partial charge in [-0.15, -0.1) is 0 Å². The van der Waals surface area contributed by atoms with Gasteiger partial charge in [-0.05, 0) is 56.5 Å². The van der Waals surface area contributed by atoms with Crippen LogP contribution in [0.1, 0.15) is 44.3 Å². The highest BCUT2D eigenvalue weighted by Gasteiger charge is 2.42. The molecule has 22 heavy (non-hydrogen) atoms. The number of hydrogen-bond acceptors (Lipinski definition) is 5. The lowest BCUT2D eigenvalue weighted by molar-refractivity contribution is -0.139. The van der Waals surface area contributed by atoms with Crippen molar-refractivity contribution in [3.05, 3.63) is 12.2 Å². The average Bonchev–Trinajstić information content (AvgIpc) is 3.19. The number of carbonyl (C=O) groups excluding carboxylic acids is 1. The summed E-state index contributed by atoms with van der Waals surface area (Å²) in [6.07, 6.45) is 8.20. The van der Waals surface area contributed by atoms with Crippen molar-refractivity contribution in [1.29, 1.82) is 0 Å². The number of hydrogen-bond donors (Lipinski definition) is 0. The van der Waals surface area contributed by atoms with Crippen LogP contribution in [0.25, 0.3) is 0 Å². The standard InChI is InChI=1S/C16H24N4O2/c21-15-3-4-16(11-20(15)9-13-1-2-13)5-7-19(8-6-16)10-14-17-12-22-18-14/h12-13H,1-11H2. The second-order valence-corrected chi connectivity index (χ2v) is 7.34. The van der Waals surface area contributed by atoms with E-state index < -0.39 is 0 Å². The van der Waals surface area contributed by atoms with Crippen LogP contribution >= 0.6 is 0 Å². The molecule has 120 valence electrons. The monoisotopic (exact) mass is 304 g/mol. The van der Waals surface area contributed by atoms with Crippen molar-refractivity contribution in [3.8, 4) is 0 Å². The summed E-state index contributed by atoms with van der Waals surface area (Å²) in [7, 11) is 0. The van der Waals surface area contributed by atoms with E-state index in [0.717, 1.165) is 57.3 Å². The molecule has 6 heteroatoms. The van der Waals surface area contributed by atoms with E-state index in [1.165, 1.54) is 32.1 Å². The third-order valence-corrected chi connectivity index (χ3v) is 5.61. The number of nitrogens with zero attached hydrogens (tertiary/aromatic N) is 4. The summed E-state index contributed by atoms with van der Waals surface area (Å²) in [4.78, 5) is 20.8. The molecular weight excluding hydrogens is 280 g/mol. The van der Waals surface area contributed by atoms with Gasteiger partial charge in [0.2, 0.25) is 12.3 Å². The van der Waals surface area contributed by atoms with E-state index >= 15 is 0 Å². The Balaban J connectivity index is 1.33. The lowest BCUT2D eigenvalue weighted by atomic mass is 9.72. The van der Waals surface area contributed by atoms with Crippen LogP contribution in [0.15, 0.2) is 10.9 Å². The summed E-state index contributed by atoms with van der Waals surface area (Å²) in [5.74, 6) is 1.94. The summed E-state index contributed by atoms with van der Waals surface area (Å²) in [6, 6.07) is 0. The van der Waals surface area contributed by atoms with E-state index in [1.54, 1.807) is 0 Å². The van der Waals surface area contributed by atoms with Crippen LogP contribution in [-0.4, -0.2) is 52.0 Å². The van der Waals surface area contributed by atoms with Gasteiger partial charge in [-0.3, -0.25) is 9.69 Å². The van der Waals surface area contributed by atoms with E-state index in [1.807, 2.05) is 0 Å². The van der Waals surface area contributed by atoms with Crippen LogP contribution in [0.3, 0.4) is 0 Å². The maximum atomic E-state index is 12.1. The molecule has 2 aliphatic heterocycles. The van der Waals surface area contributed by atoms with Crippen LogP contribution in [0.5, 0.6) is 0 Å². The Hall–Kier alpha value is -1.43. The van der Waals surface area contributed by atoms with Gasteiger partial charge in [0.1, 0.15) is 0 Å². The normalized spacial score (nSPS) is 25.8. The van der Waals surface area contributed by atoms with Gasteiger partial charge in [-0.25, -0.2) is 0 Å². The van der Waals surface area contributed by atoms with Crippen molar-refractivity contribution in [3.63, 3.8) is 0 Å². The van der Waals surface area contributed by atoms with Gasteiger partial charge in [0, 0.05) is 19.5 Å². The Kier molecular flexibility index (Phi) is 3.64. The van der Waals surface area contributed by atoms with Gasteiger partial charge in [0.25, 0.3) is 0 Å². The van der Waals surface area contributed by atoms with Gasteiger partial charge < -0.3 is 9.42 Å². The van der Waals surface area contributed by atoms with Gasteiger partial charge in [0.15, 0.2) is 5.82 Å². The summed E-state index contributed by atoms with van der Waals surface area (Å²) < 4.78 is 4.80. The third-order valence-electron chi connectivity index (χ3n) is 5.61. The van der Waals surface area contributed by atoms with Crippen molar-refractivity contribution in [2.45, 2.75) is 45.1 Å². The molecule has 6 nitrogen and oxygen atoms in total. The second-order valence-electron chi connectivity index (χ2n) is 7.34. The molecule has 1 saturated carbocycles. The zero-order valence-electron chi connectivity index (χ0n) is 13.0. The van der Waals surface area contributed by atoms with Crippen molar-refractivity contribution < 1.29 is 9.32 Å². The summed E-state index contributed by atoms with van der Waals surface area (Å²) in [6.45, 7) is 4.91. The molecule has 3 heterocycles. The molecule has 0 aromatic carbocycles. The lowest BCUT2D eigenvalue weighted by Crippen LogP contribution is -2.51. The highest BCUT2D eigenvalue weighted by molar-refractivity contribution is 5.77. The molecule has 0 atom stereocenters. The number of likely N-dealkylation sites (tertiary alicyclic amines) is 2. The van der Waals surface area contributed by atoms with E-state index in [-0.39, 0.29) is 0 Å². The van der Waals surface area contributed by atoms with Gasteiger partial charge >= 0.3 is 0 Å². The Morgan fingerprint density at radius 3 is 2.77 bits per heavy atom. The highest BCUT2D eigenvalue weighted by Crippen LogP contribution is 2.41. The van der Waals surface area contributed by atoms with Crippen molar-refractivity contribution >= 4 is 5.91 Å². The first kappa shape index (κ1) is 14.2. The number of piperidine rings is 2. The van der Waals surface area contributed by atoms with Crippen LogP contribution in [0.2, 0.25) is 0 Å². The molecule has 3 aliphatic rings. The predicted molar refractivity (Wildman–Crippen MR) is 79.8 cm³/mol. The molecule has 1 aromatic rings. The predicted octanol–water partition coefficient (Wildman–Crippen LogP) is 1.68. The smallest absolute Gasteiger partial charge is 0.222 e. The largest absolute Gasteiger partial charge is 0.343 e. The Morgan fingerprint density at radius 2 is 2.09 bits per heavy atom. The average molecular weight is 304 g/mol. The van der Waals surface area contributed by atoms with Gasteiger partial charge in [0.05, 0.1) is 6.54 Å². The molecule has 3 fully saturated rings. The topological polar surface area (TPSA) is 62.5 Å². The third kappa shape index (κ3) is 3.02. The molecule has 0 radical (unpaired) electrons. The van der Waals surface area contributed by atoms with Crippen LogP contribution < -0.4 is 0 Å². The molecule has 0 unspecified atom stereocenters. The van der Waals surface area contributed by atoms with E-state index in [9.17, 15) is 4.79 Å². The molecule has 1 spiro atoms. The van der Waals surface area contributed by atoms with Gasteiger partial charge in [-0.1, -0.05) is 5.16 Å². The fourth-order valence-corrected chi connectivity index (χ4v) is 3.94. The molecule has 0 bridgehead atoms. The number of carbonyl (C=O) groups is 1. The molecule has 1 aromatic heterocycles. The fraction of sp³-hybridized carbons (Fsp3) is 0.812. The molecule has 1 amide bonds.